The minimum Gasteiger partial charge on any atom is -0.507 e. The average Bonchev–Trinajstić information content (AvgIpc) is 3.36. The lowest BCUT2D eigenvalue weighted by Crippen LogP contribution is -2.28. The third-order valence-electron chi connectivity index (χ3n) is 5.12. The lowest BCUT2D eigenvalue weighted by molar-refractivity contribution is -0.140. The molecule has 1 N–H and O–H groups in total. The van der Waals surface area contributed by atoms with Crippen molar-refractivity contribution < 1.29 is 19.4 Å². The Morgan fingerprint density at radius 2 is 2.00 bits per heavy atom. The van der Waals surface area contributed by atoms with E-state index in [1.807, 2.05) is 24.4 Å². The molecule has 8 heteroatoms. The van der Waals surface area contributed by atoms with Gasteiger partial charge in [0, 0.05) is 17.3 Å². The molecule has 4 rings (SSSR count). The van der Waals surface area contributed by atoms with Crippen LogP contribution in [0.25, 0.3) is 5.76 Å². The quantitative estimate of drug-likeness (QED) is 0.342. The van der Waals surface area contributed by atoms with Gasteiger partial charge in [0.2, 0.25) is 0 Å². The van der Waals surface area contributed by atoms with E-state index in [0.717, 1.165) is 10.4 Å². The number of halogens is 1. The van der Waals surface area contributed by atoms with Gasteiger partial charge < -0.3 is 14.7 Å². The summed E-state index contributed by atoms with van der Waals surface area (Å²) in [6.45, 7) is 2.07. The lowest BCUT2D eigenvalue weighted by atomic mass is 9.95. The van der Waals surface area contributed by atoms with Gasteiger partial charge in [-0.15, -0.1) is 11.3 Å². The van der Waals surface area contributed by atoms with Crippen molar-refractivity contribution in [2.45, 2.75) is 19.5 Å². The fraction of sp³-hybridized carbons (Fsp3) is 0.174. The number of rotatable bonds is 5. The number of amides is 1. The van der Waals surface area contributed by atoms with Crippen molar-refractivity contribution >= 4 is 40.4 Å². The summed E-state index contributed by atoms with van der Waals surface area (Å²) in [6, 6.07) is 9.85. The van der Waals surface area contributed by atoms with E-state index in [9.17, 15) is 14.7 Å². The Labute approximate surface area is 188 Å². The first-order chi connectivity index (χ1) is 14.9. The maximum atomic E-state index is 13.1. The summed E-state index contributed by atoms with van der Waals surface area (Å²) in [5.74, 6) is -1.51. The van der Waals surface area contributed by atoms with Crippen LogP contribution >= 0.6 is 22.9 Å². The standard InChI is InChI=1S/C23H19ClN2O4S/c1-13-10-16(22(30-2)17(24)11-13)20(27)18-19(14-5-7-25-8-6-14)26(23(29)21(18)28)12-15-4-3-9-31-15/h3-11,19,27H,12H2,1-2H3/b20-18+. The van der Waals surface area contributed by atoms with Crippen LogP contribution in [0.1, 0.15) is 27.6 Å². The van der Waals surface area contributed by atoms with Crippen molar-refractivity contribution in [3.63, 3.8) is 0 Å². The molecule has 0 aliphatic carbocycles. The van der Waals surface area contributed by atoms with Gasteiger partial charge in [-0.05, 0) is 53.8 Å². The van der Waals surface area contributed by atoms with Gasteiger partial charge in [0.15, 0.2) is 0 Å². The van der Waals surface area contributed by atoms with Crippen LogP contribution in [0.4, 0.5) is 0 Å². The summed E-state index contributed by atoms with van der Waals surface area (Å²) in [6.07, 6.45) is 3.18. The number of aliphatic hydroxyl groups is 1. The predicted octanol–water partition coefficient (Wildman–Crippen LogP) is 4.74. The number of benzene rings is 1. The fourth-order valence-corrected chi connectivity index (χ4v) is 4.82. The highest BCUT2D eigenvalue weighted by Gasteiger charge is 2.46. The minimum absolute atomic E-state index is 0.00674. The van der Waals surface area contributed by atoms with Crippen LogP contribution in [-0.4, -0.2) is 33.8 Å². The molecule has 6 nitrogen and oxygen atoms in total. The second-order valence-electron chi connectivity index (χ2n) is 7.11. The normalized spacial score (nSPS) is 17.9. The molecule has 31 heavy (non-hydrogen) atoms. The molecular formula is C23H19ClN2O4S. The van der Waals surface area contributed by atoms with E-state index in [1.165, 1.54) is 23.3 Å². The van der Waals surface area contributed by atoms with Crippen molar-refractivity contribution in [3.05, 3.63) is 86.3 Å². The summed E-state index contributed by atoms with van der Waals surface area (Å²) in [5.41, 5.74) is 1.71. The lowest BCUT2D eigenvalue weighted by Gasteiger charge is -2.25. The van der Waals surface area contributed by atoms with E-state index >= 15 is 0 Å². The molecule has 3 heterocycles. The number of ketones is 1. The smallest absolute Gasteiger partial charge is 0.295 e. The molecule has 0 radical (unpaired) electrons. The molecule has 0 bridgehead atoms. The summed E-state index contributed by atoms with van der Waals surface area (Å²) in [4.78, 5) is 32.6. The number of ether oxygens (including phenoxy) is 1. The number of carbonyl (C=O) groups excluding carboxylic acids is 2. The molecular weight excluding hydrogens is 436 g/mol. The molecule has 158 valence electrons. The van der Waals surface area contributed by atoms with Crippen LogP contribution in [0.3, 0.4) is 0 Å². The van der Waals surface area contributed by atoms with Crippen LogP contribution < -0.4 is 4.74 Å². The number of thiophene rings is 1. The number of hydrogen-bond donors (Lipinski definition) is 1. The number of methoxy groups -OCH3 is 1. The summed E-state index contributed by atoms with van der Waals surface area (Å²) in [5, 5.41) is 13.5. The van der Waals surface area contributed by atoms with E-state index in [2.05, 4.69) is 4.98 Å². The van der Waals surface area contributed by atoms with Crippen LogP contribution in [0, 0.1) is 6.92 Å². The molecule has 1 fully saturated rings. The second kappa shape index (κ2) is 8.53. The van der Waals surface area contributed by atoms with Gasteiger partial charge in [0.1, 0.15) is 11.5 Å². The van der Waals surface area contributed by atoms with Gasteiger partial charge in [-0.1, -0.05) is 17.7 Å². The van der Waals surface area contributed by atoms with Gasteiger partial charge >= 0.3 is 0 Å². The number of carbonyl (C=O) groups is 2. The maximum absolute atomic E-state index is 13.1. The molecule has 0 spiro atoms. The minimum atomic E-state index is -0.769. The highest BCUT2D eigenvalue weighted by molar-refractivity contribution is 7.09. The van der Waals surface area contributed by atoms with Gasteiger partial charge in [-0.2, -0.15) is 0 Å². The monoisotopic (exact) mass is 454 g/mol. The summed E-state index contributed by atoms with van der Waals surface area (Å²) >= 11 is 7.79. The van der Waals surface area contributed by atoms with E-state index in [1.54, 1.807) is 36.7 Å². The van der Waals surface area contributed by atoms with Crippen LogP contribution in [0.15, 0.2) is 59.7 Å². The Morgan fingerprint density at radius 1 is 1.26 bits per heavy atom. The van der Waals surface area contributed by atoms with Gasteiger partial charge in [-0.3, -0.25) is 14.6 Å². The molecule has 1 unspecified atom stereocenters. The second-order valence-corrected chi connectivity index (χ2v) is 8.55. The zero-order valence-electron chi connectivity index (χ0n) is 16.8. The summed E-state index contributed by atoms with van der Waals surface area (Å²) < 4.78 is 5.38. The molecule has 1 aliphatic rings. The van der Waals surface area contributed by atoms with E-state index in [0.29, 0.717) is 10.6 Å². The van der Waals surface area contributed by atoms with Crippen molar-refractivity contribution in [1.82, 2.24) is 9.88 Å². The van der Waals surface area contributed by atoms with E-state index in [-0.39, 0.29) is 29.2 Å². The molecule has 0 saturated carbocycles. The molecule has 2 aromatic heterocycles. The Kier molecular flexibility index (Phi) is 5.80. The Bertz CT molecular complexity index is 1180. The highest BCUT2D eigenvalue weighted by atomic mass is 35.5. The summed E-state index contributed by atoms with van der Waals surface area (Å²) in [7, 11) is 1.43. The van der Waals surface area contributed by atoms with Crippen LogP contribution in [-0.2, 0) is 16.1 Å². The number of aliphatic hydroxyl groups excluding tert-OH is 1. The molecule has 1 saturated heterocycles. The largest absolute Gasteiger partial charge is 0.507 e. The number of nitrogens with zero attached hydrogens (tertiary/aromatic N) is 2. The molecule has 1 amide bonds. The van der Waals surface area contributed by atoms with Gasteiger partial charge in [-0.25, -0.2) is 0 Å². The topological polar surface area (TPSA) is 79.7 Å². The Morgan fingerprint density at radius 3 is 2.65 bits per heavy atom. The average molecular weight is 455 g/mol. The van der Waals surface area contributed by atoms with E-state index < -0.39 is 17.7 Å². The molecule has 1 atom stereocenters. The third-order valence-corrected chi connectivity index (χ3v) is 6.26. The van der Waals surface area contributed by atoms with E-state index in [4.69, 9.17) is 16.3 Å². The van der Waals surface area contributed by atoms with Crippen molar-refractivity contribution in [3.8, 4) is 5.75 Å². The first-order valence-electron chi connectivity index (χ1n) is 9.47. The number of aromatic nitrogens is 1. The number of pyridine rings is 1. The fourth-order valence-electron chi connectivity index (χ4n) is 3.76. The van der Waals surface area contributed by atoms with Gasteiger partial charge in [0.05, 0.1) is 35.9 Å². The number of aryl methyl sites for hydroxylation is 1. The van der Waals surface area contributed by atoms with Crippen molar-refractivity contribution in [2.75, 3.05) is 7.11 Å². The third kappa shape index (κ3) is 3.82. The first-order valence-corrected chi connectivity index (χ1v) is 10.7. The predicted molar refractivity (Wildman–Crippen MR) is 119 cm³/mol. The maximum Gasteiger partial charge on any atom is 0.295 e. The molecule has 1 aliphatic heterocycles. The van der Waals surface area contributed by atoms with Crippen molar-refractivity contribution in [1.29, 1.82) is 0 Å². The first kappa shape index (κ1) is 21.1. The molecule has 3 aromatic rings. The number of likely N-dealkylation sites (tertiary alicyclic amines) is 1. The number of Topliss-reactive ketones (excluding diaryl/α,β-unsaturated/α-hetero) is 1. The zero-order chi connectivity index (χ0) is 22.1. The van der Waals surface area contributed by atoms with Crippen molar-refractivity contribution in [2.24, 2.45) is 0 Å². The SMILES string of the molecule is COc1c(Cl)cc(C)cc1/C(O)=C1\C(=O)C(=O)N(Cc2cccs2)C1c1ccncc1. The Balaban J connectivity index is 1.93. The highest BCUT2D eigenvalue weighted by Crippen LogP contribution is 2.43. The van der Waals surface area contributed by atoms with Crippen LogP contribution in [0.5, 0.6) is 5.75 Å². The van der Waals surface area contributed by atoms with Crippen LogP contribution in [0.2, 0.25) is 5.02 Å². The van der Waals surface area contributed by atoms with Gasteiger partial charge in [0.25, 0.3) is 11.7 Å². The zero-order valence-corrected chi connectivity index (χ0v) is 18.4. The molecule has 1 aromatic carbocycles. The number of hydrogen-bond acceptors (Lipinski definition) is 6. The Hall–Kier alpha value is -3.16.